The third-order valence-corrected chi connectivity index (χ3v) is 8.04. The molecule has 0 radical (unpaired) electrons. The first-order valence-corrected chi connectivity index (χ1v) is 13.3. The maximum absolute atomic E-state index is 12.6. The third kappa shape index (κ3) is 7.79. The second kappa shape index (κ2) is 12.8. The summed E-state index contributed by atoms with van der Waals surface area (Å²) in [5, 5.41) is 14.0. The quantitative estimate of drug-likeness (QED) is 0.490. The highest BCUT2D eigenvalue weighted by molar-refractivity contribution is 8.03. The van der Waals surface area contributed by atoms with Crippen molar-refractivity contribution < 1.29 is 14.4 Å². The lowest BCUT2D eigenvalue weighted by atomic mass is 9.96. The molecule has 1 aliphatic heterocycles. The molecule has 2 N–H and O–H groups in total. The molecule has 0 aliphatic carbocycles. The highest BCUT2D eigenvalue weighted by Gasteiger charge is 2.27. The van der Waals surface area contributed by atoms with E-state index in [1.807, 2.05) is 42.2 Å². The number of likely N-dealkylation sites (tertiary alicyclic amines) is 1. The van der Waals surface area contributed by atoms with Crippen LogP contribution < -0.4 is 10.6 Å². The highest BCUT2D eigenvalue weighted by Crippen LogP contribution is 2.29. The Balaban J connectivity index is 1.36. The molecule has 3 amide bonds. The molecule has 1 aromatic carbocycles. The number of nitrogens with one attached hydrogen (secondary N) is 2. The zero-order valence-corrected chi connectivity index (χ0v) is 20.4. The van der Waals surface area contributed by atoms with Crippen molar-refractivity contribution in [3.05, 3.63) is 30.3 Å². The van der Waals surface area contributed by atoms with Crippen LogP contribution in [-0.4, -0.2) is 64.0 Å². The first kappa shape index (κ1) is 24.5. The van der Waals surface area contributed by atoms with Crippen LogP contribution in [0.25, 0.3) is 0 Å². The van der Waals surface area contributed by atoms with Gasteiger partial charge in [-0.15, -0.1) is 10.2 Å². The van der Waals surface area contributed by atoms with Gasteiger partial charge in [0.05, 0.1) is 11.5 Å². The molecule has 0 saturated carbocycles. The van der Waals surface area contributed by atoms with Crippen molar-refractivity contribution in [3.8, 4) is 0 Å². The van der Waals surface area contributed by atoms with Gasteiger partial charge < -0.3 is 15.5 Å². The Labute approximate surface area is 200 Å². The predicted molar refractivity (Wildman–Crippen MR) is 129 cm³/mol. The van der Waals surface area contributed by atoms with Gasteiger partial charge in [0.2, 0.25) is 17.7 Å². The number of carbonyl (C=O) groups excluding carboxylic acids is 3. The van der Waals surface area contributed by atoms with E-state index in [9.17, 15) is 14.4 Å². The van der Waals surface area contributed by atoms with Crippen molar-refractivity contribution in [1.82, 2.24) is 20.4 Å². The largest absolute Gasteiger partial charge is 0.355 e. The lowest BCUT2D eigenvalue weighted by molar-refractivity contribution is -0.132. The first-order valence-electron chi connectivity index (χ1n) is 10.5. The lowest BCUT2D eigenvalue weighted by Gasteiger charge is -2.31. The number of carbonyl (C=O) groups is 3. The summed E-state index contributed by atoms with van der Waals surface area (Å²) in [7, 11) is 0. The molecule has 3 rings (SSSR count). The summed E-state index contributed by atoms with van der Waals surface area (Å²) in [5.41, 5.74) is 0.795. The second-order valence-corrected chi connectivity index (χ2v) is 10.7. The van der Waals surface area contributed by atoms with Gasteiger partial charge in [-0.25, -0.2) is 0 Å². The summed E-state index contributed by atoms with van der Waals surface area (Å²) >= 11 is 4.10. The SMILES string of the molecule is CCCNC(=O)CSc1nnc(SCC(=O)N2CCC(C(=O)Nc3ccccc3)CC2)s1. The molecule has 1 aliphatic rings. The van der Waals surface area contributed by atoms with Gasteiger partial charge in [-0.1, -0.05) is 60.0 Å². The Hall–Kier alpha value is -2.11. The average Bonchev–Trinajstić information content (AvgIpc) is 3.28. The van der Waals surface area contributed by atoms with Gasteiger partial charge in [0.15, 0.2) is 8.68 Å². The summed E-state index contributed by atoms with van der Waals surface area (Å²) in [5.74, 6) is 0.559. The Morgan fingerprint density at radius 1 is 1.06 bits per heavy atom. The van der Waals surface area contributed by atoms with Crippen LogP contribution in [0.1, 0.15) is 26.2 Å². The molecule has 2 heterocycles. The minimum absolute atomic E-state index is 0.0138. The van der Waals surface area contributed by atoms with Gasteiger partial charge >= 0.3 is 0 Å². The van der Waals surface area contributed by atoms with Crippen molar-refractivity contribution in [2.75, 3.05) is 36.5 Å². The van der Waals surface area contributed by atoms with Gasteiger partial charge in [0, 0.05) is 31.2 Å². The fourth-order valence-electron chi connectivity index (χ4n) is 3.13. The van der Waals surface area contributed by atoms with E-state index in [0.29, 0.717) is 42.6 Å². The summed E-state index contributed by atoms with van der Waals surface area (Å²) in [6.45, 7) is 3.84. The van der Waals surface area contributed by atoms with Crippen molar-refractivity contribution in [2.24, 2.45) is 5.92 Å². The molecule has 0 bridgehead atoms. The van der Waals surface area contributed by atoms with Crippen LogP contribution in [0.4, 0.5) is 5.69 Å². The van der Waals surface area contributed by atoms with E-state index in [4.69, 9.17) is 0 Å². The molecule has 8 nitrogen and oxygen atoms in total. The molecular weight excluding hydrogens is 466 g/mol. The van der Waals surface area contributed by atoms with E-state index in [1.54, 1.807) is 0 Å². The molecular formula is C21H27N5O3S3. The number of amides is 3. The first-order chi connectivity index (χ1) is 15.5. The number of rotatable bonds is 10. The highest BCUT2D eigenvalue weighted by atomic mass is 32.2. The molecule has 11 heteroatoms. The molecule has 0 atom stereocenters. The normalized spacial score (nSPS) is 14.2. The molecule has 1 aromatic heterocycles. The van der Waals surface area contributed by atoms with Crippen molar-refractivity contribution in [2.45, 2.75) is 34.9 Å². The van der Waals surface area contributed by atoms with Gasteiger partial charge in [-0.05, 0) is 31.4 Å². The van der Waals surface area contributed by atoms with Gasteiger partial charge in [-0.2, -0.15) is 0 Å². The smallest absolute Gasteiger partial charge is 0.233 e. The van der Waals surface area contributed by atoms with Crippen LogP contribution in [0.3, 0.4) is 0 Å². The van der Waals surface area contributed by atoms with Crippen LogP contribution in [0.15, 0.2) is 39.0 Å². The molecule has 0 spiro atoms. The van der Waals surface area contributed by atoms with Gasteiger partial charge in [0.1, 0.15) is 0 Å². The fourth-order valence-corrected chi connectivity index (χ4v) is 5.88. The minimum Gasteiger partial charge on any atom is -0.355 e. The van der Waals surface area contributed by atoms with Crippen molar-refractivity contribution in [3.63, 3.8) is 0 Å². The topological polar surface area (TPSA) is 104 Å². The summed E-state index contributed by atoms with van der Waals surface area (Å²) in [4.78, 5) is 38.5. The molecule has 2 aromatic rings. The molecule has 1 saturated heterocycles. The Morgan fingerprint density at radius 2 is 1.72 bits per heavy atom. The zero-order valence-electron chi connectivity index (χ0n) is 17.9. The predicted octanol–water partition coefficient (Wildman–Crippen LogP) is 3.13. The van der Waals surface area contributed by atoms with Gasteiger partial charge in [-0.3, -0.25) is 14.4 Å². The maximum atomic E-state index is 12.6. The number of piperidine rings is 1. The summed E-state index contributed by atoms with van der Waals surface area (Å²) in [6, 6.07) is 9.42. The summed E-state index contributed by atoms with van der Waals surface area (Å²) < 4.78 is 1.43. The van der Waals surface area contributed by atoms with Crippen LogP contribution in [0.2, 0.25) is 0 Å². The van der Waals surface area contributed by atoms with Crippen molar-refractivity contribution in [1.29, 1.82) is 0 Å². The summed E-state index contributed by atoms with van der Waals surface area (Å²) in [6.07, 6.45) is 2.23. The monoisotopic (exact) mass is 493 g/mol. The van der Waals surface area contributed by atoms with E-state index >= 15 is 0 Å². The number of hydrogen-bond acceptors (Lipinski definition) is 8. The Bertz CT molecular complexity index is 901. The van der Waals surface area contributed by atoms with Crippen molar-refractivity contribution >= 4 is 58.3 Å². The van der Waals surface area contributed by atoms with Crippen LogP contribution in [0, 0.1) is 5.92 Å². The fraction of sp³-hybridized carbons (Fsp3) is 0.476. The Morgan fingerprint density at radius 3 is 2.38 bits per heavy atom. The van der Waals surface area contributed by atoms with Crippen LogP contribution >= 0.6 is 34.9 Å². The van der Waals surface area contributed by atoms with Gasteiger partial charge in [0.25, 0.3) is 0 Å². The van der Waals surface area contributed by atoms with E-state index < -0.39 is 0 Å². The molecule has 172 valence electrons. The molecule has 1 fully saturated rings. The Kier molecular flexibility index (Phi) is 9.82. The molecule has 0 unspecified atom stereocenters. The average molecular weight is 494 g/mol. The third-order valence-electron chi connectivity index (χ3n) is 4.87. The van der Waals surface area contributed by atoms with E-state index in [2.05, 4.69) is 20.8 Å². The maximum Gasteiger partial charge on any atom is 0.233 e. The van der Waals surface area contributed by atoms with E-state index in [0.717, 1.165) is 16.4 Å². The number of para-hydroxylation sites is 1. The van der Waals surface area contributed by atoms with Crippen LogP contribution in [-0.2, 0) is 14.4 Å². The standard InChI is InChI=1S/C21H27N5O3S3/c1-2-10-22-17(27)13-30-20-24-25-21(32-20)31-14-18(28)26-11-8-15(9-12-26)19(29)23-16-6-4-3-5-7-16/h3-7,15H,2,8-14H2,1H3,(H,22,27)(H,23,29). The van der Waals surface area contributed by atoms with Crippen LogP contribution in [0.5, 0.6) is 0 Å². The van der Waals surface area contributed by atoms with E-state index in [-0.39, 0.29) is 29.4 Å². The molecule has 32 heavy (non-hydrogen) atoms. The number of aromatic nitrogens is 2. The minimum atomic E-state index is -0.0795. The number of anilines is 1. The number of thioether (sulfide) groups is 2. The number of hydrogen-bond donors (Lipinski definition) is 2. The second-order valence-electron chi connectivity index (χ2n) is 7.27. The van der Waals surface area contributed by atoms with E-state index in [1.165, 1.54) is 34.9 Å². The number of benzene rings is 1. The number of nitrogens with zero attached hydrogens (tertiary/aromatic N) is 3. The lowest BCUT2D eigenvalue weighted by Crippen LogP contribution is -2.42. The zero-order chi connectivity index (χ0) is 22.8.